The Labute approximate surface area is 99.5 Å². The van der Waals surface area contributed by atoms with Crippen LogP contribution in [-0.2, 0) is 9.53 Å². The minimum absolute atomic E-state index is 0.0608. The van der Waals surface area contributed by atoms with E-state index in [-0.39, 0.29) is 11.8 Å². The van der Waals surface area contributed by atoms with Gasteiger partial charge in [0.15, 0.2) is 0 Å². The van der Waals surface area contributed by atoms with Gasteiger partial charge in [0.2, 0.25) is 5.91 Å². The van der Waals surface area contributed by atoms with Crippen molar-refractivity contribution >= 4 is 23.2 Å². The summed E-state index contributed by atoms with van der Waals surface area (Å²) in [7, 11) is 1.61. The van der Waals surface area contributed by atoms with Gasteiger partial charge in [-0.15, -0.1) is 11.6 Å². The predicted octanol–water partition coefficient (Wildman–Crippen LogP) is 1.89. The Balaban J connectivity index is 2.53. The number of nitrogens with one attached hydrogen (secondary N) is 1. The molecule has 0 aliphatic heterocycles. The maximum absolute atomic E-state index is 11.0. The molecule has 1 N–H and O–H groups in total. The summed E-state index contributed by atoms with van der Waals surface area (Å²) in [5.41, 5.74) is 0.667. The standard InChI is InChI=1S/C11H14ClNO3/c1-15-5-6-16-10-4-2-3-9(7-10)13-11(14)8-12/h2-4,7H,5-6,8H2,1H3,(H,13,14). The van der Waals surface area contributed by atoms with Crippen LogP contribution in [0.5, 0.6) is 5.75 Å². The molecule has 0 radical (unpaired) electrons. The first kappa shape index (κ1) is 12.8. The lowest BCUT2D eigenvalue weighted by molar-refractivity contribution is -0.113. The smallest absolute Gasteiger partial charge is 0.239 e. The van der Waals surface area contributed by atoms with E-state index in [4.69, 9.17) is 21.1 Å². The number of carbonyl (C=O) groups excluding carboxylic acids is 1. The molecule has 88 valence electrons. The van der Waals surface area contributed by atoms with E-state index in [0.29, 0.717) is 24.7 Å². The molecule has 0 saturated carbocycles. The Morgan fingerprint density at radius 2 is 2.25 bits per heavy atom. The summed E-state index contributed by atoms with van der Waals surface area (Å²) in [6.45, 7) is 1.00. The van der Waals surface area contributed by atoms with Crippen molar-refractivity contribution in [2.45, 2.75) is 0 Å². The Kier molecular flexibility index (Phi) is 5.67. The third-order valence-electron chi connectivity index (χ3n) is 1.80. The van der Waals surface area contributed by atoms with Gasteiger partial charge in [-0.1, -0.05) is 6.07 Å². The van der Waals surface area contributed by atoms with Gasteiger partial charge in [-0.3, -0.25) is 4.79 Å². The van der Waals surface area contributed by atoms with Crippen LogP contribution in [0.3, 0.4) is 0 Å². The van der Waals surface area contributed by atoms with Gasteiger partial charge in [-0.25, -0.2) is 0 Å². The van der Waals surface area contributed by atoms with Crippen molar-refractivity contribution in [3.8, 4) is 5.75 Å². The number of methoxy groups -OCH3 is 1. The molecule has 1 rings (SSSR count). The summed E-state index contributed by atoms with van der Waals surface area (Å²) < 4.78 is 10.3. The third-order valence-corrected chi connectivity index (χ3v) is 2.04. The average molecular weight is 244 g/mol. The Hall–Kier alpha value is -1.26. The number of anilines is 1. The molecule has 0 aromatic heterocycles. The molecular formula is C11H14ClNO3. The van der Waals surface area contributed by atoms with Gasteiger partial charge in [0.25, 0.3) is 0 Å². The zero-order valence-corrected chi connectivity index (χ0v) is 9.79. The summed E-state index contributed by atoms with van der Waals surface area (Å²) in [5, 5.41) is 2.64. The second-order valence-electron chi connectivity index (χ2n) is 3.05. The maximum Gasteiger partial charge on any atom is 0.239 e. The van der Waals surface area contributed by atoms with E-state index in [1.807, 2.05) is 6.07 Å². The topological polar surface area (TPSA) is 47.6 Å². The minimum atomic E-state index is -0.240. The molecule has 1 aromatic carbocycles. The molecule has 0 bridgehead atoms. The number of hydrogen-bond acceptors (Lipinski definition) is 3. The molecule has 16 heavy (non-hydrogen) atoms. The SMILES string of the molecule is COCCOc1cccc(NC(=O)CCl)c1. The molecule has 4 nitrogen and oxygen atoms in total. The number of amides is 1. The highest BCUT2D eigenvalue weighted by Crippen LogP contribution is 2.17. The summed E-state index contributed by atoms with van der Waals surface area (Å²) in [6.07, 6.45) is 0. The highest BCUT2D eigenvalue weighted by Gasteiger charge is 2.01. The van der Waals surface area contributed by atoms with Crippen LogP contribution in [-0.4, -0.2) is 32.1 Å². The first-order valence-corrected chi connectivity index (χ1v) is 5.37. The van der Waals surface area contributed by atoms with Gasteiger partial charge >= 0.3 is 0 Å². The van der Waals surface area contributed by atoms with Crippen LogP contribution in [0.25, 0.3) is 0 Å². The molecule has 5 heteroatoms. The molecule has 0 spiro atoms. The van der Waals surface area contributed by atoms with Crippen molar-refractivity contribution in [1.29, 1.82) is 0 Å². The van der Waals surface area contributed by atoms with Gasteiger partial charge in [-0.2, -0.15) is 0 Å². The number of hydrogen-bond donors (Lipinski definition) is 1. The predicted molar refractivity (Wildman–Crippen MR) is 63.2 cm³/mol. The van der Waals surface area contributed by atoms with Crippen LogP contribution in [0, 0.1) is 0 Å². The molecule has 0 unspecified atom stereocenters. The Morgan fingerprint density at radius 1 is 1.44 bits per heavy atom. The number of rotatable bonds is 6. The fourth-order valence-corrected chi connectivity index (χ4v) is 1.17. The third kappa shape index (κ3) is 4.51. The average Bonchev–Trinajstić information content (AvgIpc) is 2.30. The van der Waals surface area contributed by atoms with Gasteiger partial charge < -0.3 is 14.8 Å². The molecule has 0 saturated heterocycles. The molecule has 1 aromatic rings. The van der Waals surface area contributed by atoms with E-state index in [0.717, 1.165) is 0 Å². The van der Waals surface area contributed by atoms with E-state index < -0.39 is 0 Å². The van der Waals surface area contributed by atoms with E-state index in [1.165, 1.54) is 0 Å². The molecule has 0 atom stereocenters. The lowest BCUT2D eigenvalue weighted by Gasteiger charge is -2.08. The van der Waals surface area contributed by atoms with E-state index >= 15 is 0 Å². The Morgan fingerprint density at radius 3 is 2.94 bits per heavy atom. The highest BCUT2D eigenvalue weighted by molar-refractivity contribution is 6.29. The van der Waals surface area contributed by atoms with Crippen molar-refractivity contribution in [3.63, 3.8) is 0 Å². The second kappa shape index (κ2) is 7.09. The summed E-state index contributed by atoms with van der Waals surface area (Å²) in [6, 6.07) is 7.12. The van der Waals surface area contributed by atoms with Gasteiger partial charge in [0.1, 0.15) is 18.2 Å². The zero-order chi connectivity index (χ0) is 11.8. The number of alkyl halides is 1. The molecule has 1 amide bonds. The maximum atomic E-state index is 11.0. The van der Waals surface area contributed by atoms with Crippen LogP contribution < -0.4 is 10.1 Å². The van der Waals surface area contributed by atoms with Crippen molar-refractivity contribution in [3.05, 3.63) is 24.3 Å². The van der Waals surface area contributed by atoms with Crippen LogP contribution in [0.4, 0.5) is 5.69 Å². The lowest BCUT2D eigenvalue weighted by Crippen LogP contribution is -2.12. The number of ether oxygens (including phenoxy) is 2. The minimum Gasteiger partial charge on any atom is -0.491 e. The van der Waals surface area contributed by atoms with E-state index in [1.54, 1.807) is 25.3 Å². The molecule has 0 aliphatic rings. The monoisotopic (exact) mass is 243 g/mol. The van der Waals surface area contributed by atoms with E-state index in [9.17, 15) is 4.79 Å². The van der Waals surface area contributed by atoms with Crippen molar-refractivity contribution < 1.29 is 14.3 Å². The first-order valence-electron chi connectivity index (χ1n) is 4.84. The van der Waals surface area contributed by atoms with E-state index in [2.05, 4.69) is 5.32 Å². The van der Waals surface area contributed by atoms with Crippen molar-refractivity contribution in [2.24, 2.45) is 0 Å². The number of carbonyl (C=O) groups is 1. The van der Waals surface area contributed by atoms with Gasteiger partial charge in [0.05, 0.1) is 6.61 Å². The Bertz CT molecular complexity index is 344. The lowest BCUT2D eigenvalue weighted by atomic mass is 10.3. The first-order chi connectivity index (χ1) is 7.76. The normalized spacial score (nSPS) is 9.88. The quantitative estimate of drug-likeness (QED) is 0.613. The van der Waals surface area contributed by atoms with Crippen LogP contribution >= 0.6 is 11.6 Å². The second-order valence-corrected chi connectivity index (χ2v) is 3.32. The highest BCUT2D eigenvalue weighted by atomic mass is 35.5. The van der Waals surface area contributed by atoms with Gasteiger partial charge in [0, 0.05) is 18.9 Å². The summed E-state index contributed by atoms with van der Waals surface area (Å²) in [4.78, 5) is 11.0. The van der Waals surface area contributed by atoms with Crippen LogP contribution in [0.1, 0.15) is 0 Å². The van der Waals surface area contributed by atoms with Crippen LogP contribution in [0.15, 0.2) is 24.3 Å². The van der Waals surface area contributed by atoms with Crippen LogP contribution in [0.2, 0.25) is 0 Å². The fourth-order valence-electron chi connectivity index (χ4n) is 1.10. The summed E-state index contributed by atoms with van der Waals surface area (Å²) in [5.74, 6) is 0.384. The molecule has 0 heterocycles. The largest absolute Gasteiger partial charge is 0.491 e. The molecule has 0 aliphatic carbocycles. The fraction of sp³-hybridized carbons (Fsp3) is 0.364. The summed E-state index contributed by atoms with van der Waals surface area (Å²) >= 11 is 5.38. The number of benzene rings is 1. The van der Waals surface area contributed by atoms with Crippen molar-refractivity contribution in [1.82, 2.24) is 0 Å². The van der Waals surface area contributed by atoms with Gasteiger partial charge in [-0.05, 0) is 12.1 Å². The molecular weight excluding hydrogens is 230 g/mol. The van der Waals surface area contributed by atoms with Crippen molar-refractivity contribution in [2.75, 3.05) is 31.5 Å². The zero-order valence-electron chi connectivity index (χ0n) is 9.03. The number of halogens is 1. The molecule has 0 fully saturated rings.